The minimum Gasteiger partial charge on any atom is -0.330 e. The Balaban J connectivity index is 5.01. The third-order valence-electron chi connectivity index (χ3n) is 3.14. The van der Waals surface area contributed by atoms with Gasteiger partial charge in [-0.1, -0.05) is 20.8 Å². The van der Waals surface area contributed by atoms with Gasteiger partial charge in [-0.25, -0.2) is 0 Å². The van der Waals surface area contributed by atoms with Gasteiger partial charge in [0, 0.05) is 12.6 Å². The van der Waals surface area contributed by atoms with Crippen molar-refractivity contribution in [3.63, 3.8) is 0 Å². The summed E-state index contributed by atoms with van der Waals surface area (Å²) < 4.78 is 37.6. The molecule has 18 heavy (non-hydrogen) atoms. The minimum absolute atomic E-state index is 0.0871. The first-order chi connectivity index (χ1) is 8.30. The third-order valence-corrected chi connectivity index (χ3v) is 3.14. The van der Waals surface area contributed by atoms with Crippen molar-refractivity contribution < 1.29 is 18.0 Å². The fourth-order valence-electron chi connectivity index (χ4n) is 1.99. The molecule has 0 saturated heterocycles. The molecule has 0 aliphatic rings. The fraction of sp³-hybridized carbons (Fsp3) is 0.917. The number of rotatable bonds is 7. The summed E-state index contributed by atoms with van der Waals surface area (Å²) in [5, 5.41) is 0. The van der Waals surface area contributed by atoms with Gasteiger partial charge in [-0.3, -0.25) is 4.79 Å². The number of alkyl halides is 3. The number of hydrogen-bond acceptors (Lipinski definition) is 2. The second-order valence-electron chi connectivity index (χ2n) is 4.39. The Kier molecular flexibility index (Phi) is 7.28. The minimum atomic E-state index is -4.37. The number of halogens is 3. The van der Waals surface area contributed by atoms with Gasteiger partial charge in [0.2, 0.25) is 5.91 Å². The smallest absolute Gasteiger partial charge is 0.330 e. The standard InChI is InChI=1S/C12H23F3N2O/c1-4-9(7-16)11(18)17(8-12(13,14)15)10(5-2)6-3/h9-10H,4-8,16H2,1-3H3. The zero-order chi connectivity index (χ0) is 14.3. The molecule has 0 rings (SSSR count). The highest BCUT2D eigenvalue weighted by molar-refractivity contribution is 5.79. The van der Waals surface area contributed by atoms with Crippen molar-refractivity contribution in [3.05, 3.63) is 0 Å². The number of nitrogens with zero attached hydrogens (tertiary/aromatic N) is 1. The van der Waals surface area contributed by atoms with E-state index < -0.39 is 24.5 Å². The Bertz CT molecular complexity index is 248. The number of carbonyl (C=O) groups is 1. The highest BCUT2D eigenvalue weighted by Crippen LogP contribution is 2.22. The first-order valence-electron chi connectivity index (χ1n) is 6.37. The van der Waals surface area contributed by atoms with Gasteiger partial charge in [0.25, 0.3) is 0 Å². The van der Waals surface area contributed by atoms with Gasteiger partial charge >= 0.3 is 6.18 Å². The van der Waals surface area contributed by atoms with Gasteiger partial charge in [0.05, 0.1) is 5.92 Å². The maximum Gasteiger partial charge on any atom is 0.406 e. The van der Waals surface area contributed by atoms with Crippen molar-refractivity contribution in [1.82, 2.24) is 4.90 Å². The molecule has 3 nitrogen and oxygen atoms in total. The summed E-state index contributed by atoms with van der Waals surface area (Å²) in [5.41, 5.74) is 5.44. The van der Waals surface area contributed by atoms with E-state index >= 15 is 0 Å². The lowest BCUT2D eigenvalue weighted by atomic mass is 10.0. The van der Waals surface area contributed by atoms with Crippen LogP contribution in [0.3, 0.4) is 0 Å². The first-order valence-corrected chi connectivity index (χ1v) is 6.37. The molecule has 2 N–H and O–H groups in total. The van der Waals surface area contributed by atoms with Crippen LogP contribution in [0.15, 0.2) is 0 Å². The van der Waals surface area contributed by atoms with Crippen molar-refractivity contribution in [2.24, 2.45) is 11.7 Å². The van der Waals surface area contributed by atoms with Crippen LogP contribution in [-0.4, -0.2) is 36.1 Å². The van der Waals surface area contributed by atoms with E-state index in [0.29, 0.717) is 19.3 Å². The predicted octanol–water partition coefficient (Wildman–Crippen LogP) is 2.55. The van der Waals surface area contributed by atoms with Gasteiger partial charge in [0.15, 0.2) is 0 Å². The maximum atomic E-state index is 12.5. The normalized spacial score (nSPS) is 13.8. The monoisotopic (exact) mass is 268 g/mol. The van der Waals surface area contributed by atoms with Crippen molar-refractivity contribution in [2.45, 2.75) is 52.3 Å². The Labute approximate surface area is 107 Å². The van der Waals surface area contributed by atoms with E-state index in [9.17, 15) is 18.0 Å². The zero-order valence-electron chi connectivity index (χ0n) is 11.3. The van der Waals surface area contributed by atoms with E-state index in [1.807, 2.05) is 0 Å². The zero-order valence-corrected chi connectivity index (χ0v) is 11.3. The van der Waals surface area contributed by atoms with Gasteiger partial charge in [-0.2, -0.15) is 13.2 Å². The summed E-state index contributed by atoms with van der Waals surface area (Å²) in [6, 6.07) is -0.375. The van der Waals surface area contributed by atoms with Crippen LogP contribution in [0.4, 0.5) is 13.2 Å². The number of amides is 1. The molecule has 108 valence electrons. The molecule has 6 heteroatoms. The van der Waals surface area contributed by atoms with Crippen molar-refractivity contribution >= 4 is 5.91 Å². The molecule has 0 aromatic carbocycles. The molecule has 0 aliphatic carbocycles. The summed E-state index contributed by atoms with van der Waals surface area (Å²) >= 11 is 0. The molecule has 1 amide bonds. The van der Waals surface area contributed by atoms with E-state index in [0.717, 1.165) is 4.90 Å². The number of carbonyl (C=O) groups excluding carboxylic acids is 1. The van der Waals surface area contributed by atoms with Crippen molar-refractivity contribution in [3.8, 4) is 0 Å². The van der Waals surface area contributed by atoms with E-state index in [2.05, 4.69) is 0 Å². The van der Waals surface area contributed by atoms with Crippen LogP contribution >= 0.6 is 0 Å². The van der Waals surface area contributed by atoms with E-state index in [1.54, 1.807) is 20.8 Å². The molecular weight excluding hydrogens is 245 g/mol. The van der Waals surface area contributed by atoms with Gasteiger partial charge < -0.3 is 10.6 Å². The summed E-state index contributed by atoms with van der Waals surface area (Å²) in [7, 11) is 0. The van der Waals surface area contributed by atoms with Gasteiger partial charge in [-0.15, -0.1) is 0 Å². The fourth-order valence-corrected chi connectivity index (χ4v) is 1.99. The van der Waals surface area contributed by atoms with Crippen LogP contribution in [0, 0.1) is 5.92 Å². The molecule has 0 aromatic rings. The SMILES string of the molecule is CCC(CN)C(=O)N(CC(F)(F)F)C(CC)CC. The van der Waals surface area contributed by atoms with Crippen molar-refractivity contribution in [1.29, 1.82) is 0 Å². The van der Waals surface area contributed by atoms with Gasteiger partial charge in [0.1, 0.15) is 6.54 Å². The van der Waals surface area contributed by atoms with Crippen LogP contribution in [0.1, 0.15) is 40.0 Å². The molecule has 0 bridgehead atoms. The molecule has 0 fully saturated rings. The molecule has 0 aliphatic heterocycles. The Morgan fingerprint density at radius 3 is 1.94 bits per heavy atom. The topological polar surface area (TPSA) is 46.3 Å². The van der Waals surface area contributed by atoms with Crippen LogP contribution in [0.5, 0.6) is 0 Å². The molecule has 1 unspecified atom stereocenters. The van der Waals surface area contributed by atoms with Crippen LogP contribution in [0.2, 0.25) is 0 Å². The average molecular weight is 268 g/mol. The lowest BCUT2D eigenvalue weighted by Crippen LogP contribution is -2.49. The van der Waals surface area contributed by atoms with Crippen LogP contribution in [0.25, 0.3) is 0 Å². The summed E-state index contributed by atoms with van der Waals surface area (Å²) in [4.78, 5) is 13.0. The molecule has 0 heterocycles. The highest BCUT2D eigenvalue weighted by atomic mass is 19.4. The second kappa shape index (κ2) is 7.61. The molecule has 0 radical (unpaired) electrons. The highest BCUT2D eigenvalue weighted by Gasteiger charge is 2.37. The quantitative estimate of drug-likeness (QED) is 0.771. The van der Waals surface area contributed by atoms with E-state index in [4.69, 9.17) is 5.73 Å². The molecule has 1 atom stereocenters. The molecule has 0 aromatic heterocycles. The van der Waals surface area contributed by atoms with E-state index in [1.165, 1.54) is 0 Å². The van der Waals surface area contributed by atoms with E-state index in [-0.39, 0.29) is 12.6 Å². The number of hydrogen-bond donors (Lipinski definition) is 1. The number of nitrogens with two attached hydrogens (primary N) is 1. The molecule has 0 saturated carbocycles. The average Bonchev–Trinajstić information content (AvgIpc) is 2.29. The largest absolute Gasteiger partial charge is 0.406 e. The van der Waals surface area contributed by atoms with Crippen LogP contribution in [-0.2, 0) is 4.79 Å². The lowest BCUT2D eigenvalue weighted by Gasteiger charge is -2.33. The third kappa shape index (κ3) is 5.25. The Morgan fingerprint density at radius 1 is 1.17 bits per heavy atom. The maximum absolute atomic E-state index is 12.5. The molecular formula is C12H23F3N2O. The van der Waals surface area contributed by atoms with Crippen molar-refractivity contribution in [2.75, 3.05) is 13.1 Å². The summed E-state index contributed by atoms with van der Waals surface area (Å²) in [6.45, 7) is 4.23. The predicted molar refractivity (Wildman–Crippen MR) is 65.0 cm³/mol. The Hall–Kier alpha value is -0.780. The molecule has 0 spiro atoms. The summed E-state index contributed by atoms with van der Waals surface area (Å²) in [5.74, 6) is -1.00. The van der Waals surface area contributed by atoms with Crippen LogP contribution < -0.4 is 5.73 Å². The second-order valence-corrected chi connectivity index (χ2v) is 4.39. The van der Waals surface area contributed by atoms with Gasteiger partial charge in [-0.05, 0) is 19.3 Å². The summed E-state index contributed by atoms with van der Waals surface area (Å²) in [6.07, 6.45) is -2.88. The Morgan fingerprint density at radius 2 is 1.67 bits per heavy atom. The lowest BCUT2D eigenvalue weighted by molar-refractivity contribution is -0.168. The first kappa shape index (κ1) is 17.2.